The summed E-state index contributed by atoms with van der Waals surface area (Å²) in [6, 6.07) is 15.1. The van der Waals surface area contributed by atoms with E-state index in [0.29, 0.717) is 0 Å². The first-order valence-corrected chi connectivity index (χ1v) is 13.8. The molecule has 9 heteroatoms. The van der Waals surface area contributed by atoms with Gasteiger partial charge in [-0.05, 0) is 48.9 Å². The van der Waals surface area contributed by atoms with Crippen molar-refractivity contribution >= 4 is 34.4 Å². The van der Waals surface area contributed by atoms with Crippen LogP contribution in [0, 0.1) is 5.92 Å². The summed E-state index contributed by atoms with van der Waals surface area (Å²) in [5.74, 6) is -1.28. The molecule has 2 fully saturated rings. The molecule has 1 aliphatic heterocycles. The van der Waals surface area contributed by atoms with Gasteiger partial charge in [0, 0.05) is 43.7 Å². The molecule has 4 N–H and O–H groups in total. The maximum atomic E-state index is 13.3. The molecular weight excluding hydrogens is 494 g/mol. The molecule has 39 heavy (non-hydrogen) atoms. The summed E-state index contributed by atoms with van der Waals surface area (Å²) in [7, 11) is 0. The van der Waals surface area contributed by atoms with Gasteiger partial charge in [-0.15, -0.1) is 0 Å². The largest absolute Gasteiger partial charge is 0.366 e. The number of rotatable bonds is 11. The smallest absolute Gasteiger partial charge is 0.241 e. The number of carbonyl (C=O) groups is 4. The number of hydrogen-bond donors (Lipinski definition) is 3. The van der Waals surface area contributed by atoms with Crippen molar-refractivity contribution in [1.29, 1.82) is 0 Å². The lowest BCUT2D eigenvalue weighted by Gasteiger charge is -2.42. The predicted octanol–water partition coefficient (Wildman–Crippen LogP) is 2.27. The third-order valence-electron chi connectivity index (χ3n) is 7.96. The van der Waals surface area contributed by atoms with Gasteiger partial charge in [-0.2, -0.15) is 0 Å². The maximum Gasteiger partial charge on any atom is 0.241 e. The molecule has 1 unspecified atom stereocenters. The molecule has 0 aromatic heterocycles. The number of nitrogens with two attached hydrogens (primary N) is 1. The predicted molar refractivity (Wildman–Crippen MR) is 150 cm³/mol. The van der Waals surface area contributed by atoms with Gasteiger partial charge in [0.2, 0.25) is 23.6 Å². The van der Waals surface area contributed by atoms with E-state index < -0.39 is 5.91 Å². The summed E-state index contributed by atoms with van der Waals surface area (Å²) in [5.41, 5.74) is 6.32. The number of nitrogens with zero attached hydrogens (tertiary/aromatic N) is 2. The topological polar surface area (TPSA) is 125 Å². The second-order valence-electron chi connectivity index (χ2n) is 10.5. The highest BCUT2D eigenvalue weighted by Gasteiger charge is 2.36. The van der Waals surface area contributed by atoms with Crippen LogP contribution in [0.3, 0.4) is 0 Å². The summed E-state index contributed by atoms with van der Waals surface area (Å²) >= 11 is 0. The van der Waals surface area contributed by atoms with Crippen molar-refractivity contribution in [3.63, 3.8) is 0 Å². The van der Waals surface area contributed by atoms with Crippen molar-refractivity contribution in [3.05, 3.63) is 60.2 Å². The molecule has 1 saturated carbocycles. The van der Waals surface area contributed by atoms with Crippen LogP contribution in [-0.4, -0.2) is 72.2 Å². The number of primary amides is 1. The van der Waals surface area contributed by atoms with Crippen molar-refractivity contribution in [2.24, 2.45) is 11.7 Å². The minimum atomic E-state index is -0.595. The number of benzene rings is 2. The first-order chi connectivity index (χ1) is 18.8. The normalized spacial score (nSPS) is 17.5. The van der Waals surface area contributed by atoms with Gasteiger partial charge in [0.05, 0.1) is 13.1 Å². The number of likely N-dealkylation sites (tertiary alicyclic amines) is 1. The monoisotopic (exact) mass is 533 g/mol. The minimum absolute atomic E-state index is 0.00687. The maximum absolute atomic E-state index is 13.3. The number of hydrogen-bond acceptors (Lipinski definition) is 5. The van der Waals surface area contributed by atoms with Gasteiger partial charge in [0.25, 0.3) is 0 Å². The molecule has 2 aliphatic rings. The fourth-order valence-electron chi connectivity index (χ4n) is 5.47. The summed E-state index contributed by atoms with van der Waals surface area (Å²) in [5, 5.41) is 7.70. The molecule has 0 bridgehead atoms. The molecule has 208 valence electrons. The van der Waals surface area contributed by atoms with Crippen LogP contribution in [0.15, 0.2) is 54.6 Å². The summed E-state index contributed by atoms with van der Waals surface area (Å²) in [6.45, 7) is 3.81. The molecule has 4 rings (SSSR count). The summed E-state index contributed by atoms with van der Waals surface area (Å²) < 4.78 is 0. The van der Waals surface area contributed by atoms with Crippen molar-refractivity contribution in [3.8, 4) is 0 Å². The molecule has 2 aromatic rings. The zero-order chi connectivity index (χ0) is 27.8. The Hall–Kier alpha value is -3.72. The number of fused-ring (bicyclic) bond motifs is 1. The fraction of sp³-hybridized carbons (Fsp3) is 0.467. The van der Waals surface area contributed by atoms with Crippen molar-refractivity contribution in [2.75, 3.05) is 32.7 Å². The van der Waals surface area contributed by atoms with Gasteiger partial charge in [-0.3, -0.25) is 24.1 Å². The SMILES string of the molecule is CC(c1cccc2ccccc12)N1CCC(N(CC(=O)NCC(=O)NCC=CC(N)=O)C(=O)C2CCC2)CC1. The average Bonchev–Trinajstić information content (AvgIpc) is 2.91. The molecule has 4 amide bonds. The highest BCUT2D eigenvalue weighted by Crippen LogP contribution is 2.33. The van der Waals surface area contributed by atoms with Gasteiger partial charge in [-0.1, -0.05) is 55.0 Å². The average molecular weight is 534 g/mol. The van der Waals surface area contributed by atoms with E-state index >= 15 is 0 Å². The van der Waals surface area contributed by atoms with E-state index in [0.717, 1.165) is 51.3 Å². The van der Waals surface area contributed by atoms with Gasteiger partial charge >= 0.3 is 0 Å². The molecular formula is C30H39N5O4. The Balaban J connectivity index is 1.33. The van der Waals surface area contributed by atoms with E-state index in [1.807, 2.05) is 0 Å². The Morgan fingerprint density at radius 2 is 1.72 bits per heavy atom. The second kappa shape index (κ2) is 13.4. The summed E-state index contributed by atoms with van der Waals surface area (Å²) in [4.78, 5) is 53.0. The number of piperidine rings is 1. The van der Waals surface area contributed by atoms with E-state index in [9.17, 15) is 19.2 Å². The molecule has 1 heterocycles. The van der Waals surface area contributed by atoms with E-state index in [-0.39, 0.29) is 55.4 Å². The lowest BCUT2D eigenvalue weighted by atomic mass is 9.83. The summed E-state index contributed by atoms with van der Waals surface area (Å²) in [6.07, 6.45) is 6.98. The van der Waals surface area contributed by atoms with Crippen molar-refractivity contribution in [1.82, 2.24) is 20.4 Å². The lowest BCUT2D eigenvalue weighted by Crippen LogP contribution is -2.53. The number of carbonyl (C=O) groups excluding carboxylic acids is 4. The Kier molecular flexibility index (Phi) is 9.70. The Bertz CT molecular complexity index is 1210. The van der Waals surface area contributed by atoms with Crippen LogP contribution in [0.4, 0.5) is 0 Å². The minimum Gasteiger partial charge on any atom is -0.366 e. The van der Waals surface area contributed by atoms with E-state index in [1.165, 1.54) is 22.4 Å². The molecule has 1 saturated heterocycles. The molecule has 0 spiro atoms. The van der Waals surface area contributed by atoms with Crippen molar-refractivity contribution < 1.29 is 19.2 Å². The Morgan fingerprint density at radius 3 is 2.41 bits per heavy atom. The van der Waals surface area contributed by atoms with Crippen LogP contribution in [0.5, 0.6) is 0 Å². The first kappa shape index (κ1) is 28.3. The Labute approximate surface area is 229 Å². The quantitative estimate of drug-likeness (QED) is 0.382. The van der Waals surface area contributed by atoms with Crippen LogP contribution in [-0.2, 0) is 19.2 Å². The van der Waals surface area contributed by atoms with Gasteiger partial charge in [0.1, 0.15) is 0 Å². The van der Waals surface area contributed by atoms with E-state index in [2.05, 4.69) is 64.9 Å². The molecule has 1 atom stereocenters. The van der Waals surface area contributed by atoms with Gasteiger partial charge in [-0.25, -0.2) is 0 Å². The third kappa shape index (κ3) is 7.44. The van der Waals surface area contributed by atoms with E-state index in [1.54, 1.807) is 4.90 Å². The molecule has 9 nitrogen and oxygen atoms in total. The zero-order valence-corrected chi connectivity index (χ0v) is 22.6. The van der Waals surface area contributed by atoms with Gasteiger partial charge < -0.3 is 21.3 Å². The van der Waals surface area contributed by atoms with E-state index in [4.69, 9.17) is 5.73 Å². The number of nitrogens with one attached hydrogen (secondary N) is 2. The molecule has 0 radical (unpaired) electrons. The van der Waals surface area contributed by atoms with Crippen molar-refractivity contribution in [2.45, 2.75) is 51.1 Å². The number of amides is 4. The second-order valence-corrected chi connectivity index (χ2v) is 10.5. The van der Waals surface area contributed by atoms with Gasteiger partial charge in [0.15, 0.2) is 0 Å². The molecule has 1 aliphatic carbocycles. The Morgan fingerprint density at radius 1 is 1.00 bits per heavy atom. The van der Waals surface area contributed by atoms with Crippen LogP contribution in [0.2, 0.25) is 0 Å². The fourth-order valence-corrected chi connectivity index (χ4v) is 5.47. The first-order valence-electron chi connectivity index (χ1n) is 13.8. The highest BCUT2D eigenvalue weighted by atomic mass is 16.2. The van der Waals surface area contributed by atoms with Crippen LogP contribution in [0.1, 0.15) is 50.6 Å². The van der Waals surface area contributed by atoms with Crippen LogP contribution >= 0.6 is 0 Å². The zero-order valence-electron chi connectivity index (χ0n) is 22.6. The molecule has 2 aromatic carbocycles. The standard InChI is InChI=1S/C30H39N5O4/c1-21(25-12-5-8-22-7-2-3-11-26(22)25)34-17-14-24(15-18-34)35(30(39)23-9-4-10-23)20-29(38)33-19-28(37)32-16-6-13-27(31)36/h2-3,5-8,11-13,21,23-24H,4,9-10,14-20H2,1H3,(H2,31,36)(H,32,37)(H,33,38). The third-order valence-corrected chi connectivity index (χ3v) is 7.96. The lowest BCUT2D eigenvalue weighted by molar-refractivity contribution is -0.145. The van der Waals surface area contributed by atoms with Crippen LogP contribution in [0.25, 0.3) is 10.8 Å². The highest BCUT2D eigenvalue weighted by molar-refractivity contribution is 5.89. The van der Waals surface area contributed by atoms with Crippen LogP contribution < -0.4 is 16.4 Å².